The molecule has 0 aliphatic carbocycles. The third-order valence-electron chi connectivity index (χ3n) is 6.52. The summed E-state index contributed by atoms with van der Waals surface area (Å²) in [5, 5.41) is 13.2. The van der Waals surface area contributed by atoms with Crippen molar-refractivity contribution >= 4 is 16.9 Å². The number of nitrogens with two attached hydrogens (primary N) is 1. The van der Waals surface area contributed by atoms with E-state index in [1.54, 1.807) is 17.1 Å². The number of fused-ring (bicyclic) bond motifs is 1. The molecule has 1 atom stereocenters. The molecule has 1 aromatic carbocycles. The molecule has 0 aliphatic rings. The van der Waals surface area contributed by atoms with Crippen LogP contribution in [0.2, 0.25) is 0 Å². The van der Waals surface area contributed by atoms with Gasteiger partial charge in [0.05, 0.1) is 18.6 Å². The number of aliphatic hydroxyl groups is 1. The smallest absolute Gasteiger partial charge is 0.332 e. The SMILES string of the molecule is CCCn1c(=O)c2c(nc(Cc3ccoc3)n2CCNCC(O)CC)n(CCc2cccc(N)c2)c1=O. The number of imidazole rings is 1. The molecule has 1 unspecified atom stereocenters. The van der Waals surface area contributed by atoms with Gasteiger partial charge in [-0.05, 0) is 48.6 Å². The van der Waals surface area contributed by atoms with E-state index >= 15 is 0 Å². The Balaban J connectivity index is 1.79. The van der Waals surface area contributed by atoms with Crippen molar-refractivity contribution in [2.24, 2.45) is 0 Å². The molecule has 37 heavy (non-hydrogen) atoms. The molecule has 4 aromatic rings. The summed E-state index contributed by atoms with van der Waals surface area (Å²) in [6.07, 6.45) is 5.18. The van der Waals surface area contributed by atoms with Gasteiger partial charge in [-0.25, -0.2) is 9.78 Å². The van der Waals surface area contributed by atoms with Gasteiger partial charge in [-0.15, -0.1) is 0 Å². The van der Waals surface area contributed by atoms with Gasteiger partial charge in [0.1, 0.15) is 5.82 Å². The highest BCUT2D eigenvalue weighted by Crippen LogP contribution is 2.17. The van der Waals surface area contributed by atoms with E-state index in [-0.39, 0.29) is 11.2 Å². The number of aliphatic hydroxyl groups excluding tert-OH is 1. The fourth-order valence-electron chi connectivity index (χ4n) is 4.50. The maximum atomic E-state index is 13.6. The molecule has 4 rings (SSSR count). The van der Waals surface area contributed by atoms with Gasteiger partial charge in [0, 0.05) is 44.8 Å². The first-order valence-electron chi connectivity index (χ1n) is 12.9. The molecule has 3 aromatic heterocycles. The van der Waals surface area contributed by atoms with Crippen LogP contribution in [-0.4, -0.2) is 43.0 Å². The number of aryl methyl sites for hydroxylation is 2. The summed E-state index contributed by atoms with van der Waals surface area (Å²) in [5.41, 5.74) is 8.65. The van der Waals surface area contributed by atoms with Crippen molar-refractivity contribution in [2.75, 3.05) is 18.8 Å². The Hall–Kier alpha value is -3.63. The van der Waals surface area contributed by atoms with Gasteiger partial charge in [-0.2, -0.15) is 0 Å². The number of hydrogen-bond donors (Lipinski definition) is 3. The molecule has 3 heterocycles. The van der Waals surface area contributed by atoms with Crippen LogP contribution in [0.1, 0.15) is 43.6 Å². The summed E-state index contributed by atoms with van der Waals surface area (Å²) in [6, 6.07) is 9.44. The zero-order chi connectivity index (χ0) is 26.4. The third kappa shape index (κ3) is 6.03. The van der Waals surface area contributed by atoms with Crippen LogP contribution in [-0.2, 0) is 32.5 Å². The van der Waals surface area contributed by atoms with Gasteiger partial charge < -0.3 is 25.1 Å². The minimum Gasteiger partial charge on any atom is -0.472 e. The second-order valence-corrected chi connectivity index (χ2v) is 9.31. The summed E-state index contributed by atoms with van der Waals surface area (Å²) in [4.78, 5) is 32.0. The maximum Gasteiger partial charge on any atom is 0.332 e. The van der Waals surface area contributed by atoms with Gasteiger partial charge in [0.15, 0.2) is 11.2 Å². The van der Waals surface area contributed by atoms with Crippen molar-refractivity contribution in [1.29, 1.82) is 0 Å². The molecule has 0 spiro atoms. The summed E-state index contributed by atoms with van der Waals surface area (Å²) in [5.74, 6) is 0.678. The number of nitrogens with one attached hydrogen (secondary N) is 1. The van der Waals surface area contributed by atoms with Crippen LogP contribution in [0.4, 0.5) is 5.69 Å². The maximum absolute atomic E-state index is 13.6. The van der Waals surface area contributed by atoms with E-state index in [1.807, 2.05) is 48.7 Å². The van der Waals surface area contributed by atoms with Crippen molar-refractivity contribution in [1.82, 2.24) is 24.0 Å². The van der Waals surface area contributed by atoms with Crippen LogP contribution in [0.25, 0.3) is 11.2 Å². The second kappa shape index (κ2) is 12.1. The zero-order valence-electron chi connectivity index (χ0n) is 21.5. The molecule has 10 heteroatoms. The highest BCUT2D eigenvalue weighted by atomic mass is 16.3. The lowest BCUT2D eigenvalue weighted by Gasteiger charge is -2.14. The Labute approximate surface area is 215 Å². The van der Waals surface area contributed by atoms with Gasteiger partial charge in [0.2, 0.25) is 0 Å². The summed E-state index contributed by atoms with van der Waals surface area (Å²) >= 11 is 0. The summed E-state index contributed by atoms with van der Waals surface area (Å²) in [6.45, 7) is 6.04. The third-order valence-corrected chi connectivity index (χ3v) is 6.52. The van der Waals surface area contributed by atoms with E-state index in [4.69, 9.17) is 15.1 Å². The largest absolute Gasteiger partial charge is 0.472 e. The molecule has 0 saturated heterocycles. The Kier molecular flexibility index (Phi) is 8.62. The number of aromatic nitrogens is 4. The molecule has 0 bridgehead atoms. The monoisotopic (exact) mass is 508 g/mol. The first kappa shape index (κ1) is 26.4. The van der Waals surface area contributed by atoms with Crippen molar-refractivity contribution in [3.63, 3.8) is 0 Å². The average Bonchev–Trinajstić information content (AvgIpc) is 3.52. The number of nitrogens with zero attached hydrogens (tertiary/aromatic N) is 4. The Morgan fingerprint density at radius 3 is 2.62 bits per heavy atom. The van der Waals surface area contributed by atoms with Crippen molar-refractivity contribution < 1.29 is 9.52 Å². The van der Waals surface area contributed by atoms with Gasteiger partial charge in [-0.1, -0.05) is 26.0 Å². The minimum absolute atomic E-state index is 0.328. The van der Waals surface area contributed by atoms with E-state index in [0.29, 0.717) is 81.1 Å². The van der Waals surface area contributed by atoms with Crippen molar-refractivity contribution in [3.8, 4) is 0 Å². The van der Waals surface area contributed by atoms with Gasteiger partial charge in [-0.3, -0.25) is 13.9 Å². The highest BCUT2D eigenvalue weighted by molar-refractivity contribution is 5.71. The van der Waals surface area contributed by atoms with E-state index < -0.39 is 6.10 Å². The molecule has 0 fully saturated rings. The number of anilines is 1. The molecule has 4 N–H and O–H groups in total. The lowest BCUT2D eigenvalue weighted by molar-refractivity contribution is 0.167. The predicted molar refractivity (Wildman–Crippen MR) is 144 cm³/mol. The molecular weight excluding hydrogens is 472 g/mol. The van der Waals surface area contributed by atoms with Gasteiger partial charge >= 0.3 is 5.69 Å². The van der Waals surface area contributed by atoms with Crippen LogP contribution < -0.4 is 22.3 Å². The lowest BCUT2D eigenvalue weighted by Crippen LogP contribution is -2.41. The fourth-order valence-corrected chi connectivity index (χ4v) is 4.50. The van der Waals surface area contributed by atoms with E-state index in [0.717, 1.165) is 11.1 Å². The summed E-state index contributed by atoms with van der Waals surface area (Å²) < 4.78 is 10.1. The van der Waals surface area contributed by atoms with E-state index in [1.165, 1.54) is 4.57 Å². The number of furan rings is 1. The molecule has 0 aliphatic heterocycles. The van der Waals surface area contributed by atoms with Crippen molar-refractivity contribution in [3.05, 3.63) is 80.6 Å². The molecule has 198 valence electrons. The molecule has 0 saturated carbocycles. The van der Waals surface area contributed by atoms with Crippen molar-refractivity contribution in [2.45, 2.75) is 65.3 Å². The minimum atomic E-state index is -0.427. The molecule has 0 radical (unpaired) electrons. The quantitative estimate of drug-likeness (QED) is 0.186. The molecular formula is C27H36N6O4. The van der Waals surface area contributed by atoms with Crippen LogP contribution in [0.5, 0.6) is 0 Å². The Morgan fingerprint density at radius 2 is 1.92 bits per heavy atom. The topological polar surface area (TPSA) is 133 Å². The lowest BCUT2D eigenvalue weighted by atomic mass is 10.1. The standard InChI is InChI=1S/C27H36N6O4/c1-3-11-33-26(35)24-25(32(27(33)36)12-8-19-6-5-7-21(28)15-19)30-23(16-20-9-14-37-18-20)31(24)13-10-29-17-22(34)4-2/h5-7,9,14-15,18,22,29,34H,3-4,8,10-13,16-17,28H2,1-2H3. The number of rotatable bonds is 13. The number of benzene rings is 1. The number of hydrogen-bond acceptors (Lipinski definition) is 7. The van der Waals surface area contributed by atoms with Crippen LogP contribution >= 0.6 is 0 Å². The summed E-state index contributed by atoms with van der Waals surface area (Å²) in [7, 11) is 0. The first-order valence-corrected chi connectivity index (χ1v) is 12.9. The predicted octanol–water partition coefficient (Wildman–Crippen LogP) is 2.14. The second-order valence-electron chi connectivity index (χ2n) is 9.31. The zero-order valence-corrected chi connectivity index (χ0v) is 21.5. The van der Waals surface area contributed by atoms with Gasteiger partial charge in [0.25, 0.3) is 5.56 Å². The normalized spacial score (nSPS) is 12.4. The Bertz CT molecular complexity index is 1430. The van der Waals surface area contributed by atoms with Crippen LogP contribution in [0, 0.1) is 0 Å². The fraction of sp³-hybridized carbons (Fsp3) is 0.444. The number of nitrogen functional groups attached to an aromatic ring is 1. The molecule has 10 nitrogen and oxygen atoms in total. The van der Waals surface area contributed by atoms with E-state index in [9.17, 15) is 14.7 Å². The van der Waals surface area contributed by atoms with Crippen LogP contribution in [0.15, 0.2) is 56.9 Å². The van der Waals surface area contributed by atoms with E-state index in [2.05, 4.69) is 5.32 Å². The first-order chi connectivity index (χ1) is 17.9. The molecule has 0 amide bonds. The average molecular weight is 509 g/mol. The van der Waals surface area contributed by atoms with Crippen LogP contribution in [0.3, 0.4) is 0 Å². The Morgan fingerprint density at radius 1 is 1.08 bits per heavy atom. The highest BCUT2D eigenvalue weighted by Gasteiger charge is 2.22.